The molecule has 0 fully saturated rings. The summed E-state index contributed by atoms with van der Waals surface area (Å²) >= 11 is 3.30. The van der Waals surface area contributed by atoms with Gasteiger partial charge in [-0.15, -0.1) is 0 Å². The van der Waals surface area contributed by atoms with Crippen molar-refractivity contribution < 1.29 is 9.59 Å². The molecule has 2 aromatic carbocycles. The van der Waals surface area contributed by atoms with Gasteiger partial charge in [-0.05, 0) is 52.3 Å². The molecule has 1 aromatic heterocycles. The minimum Gasteiger partial charge on any atom is -0.384 e. The first kappa shape index (κ1) is 20.2. The number of carbonyl (C=O) groups is 2. The maximum atomic E-state index is 12.6. The van der Waals surface area contributed by atoms with Gasteiger partial charge in [0.25, 0.3) is 11.8 Å². The topological polar surface area (TPSA) is 109 Å². The molecule has 8 heteroatoms. The summed E-state index contributed by atoms with van der Waals surface area (Å²) in [6, 6.07) is 16.9. The van der Waals surface area contributed by atoms with Gasteiger partial charge in [-0.2, -0.15) is 0 Å². The fourth-order valence-electron chi connectivity index (χ4n) is 2.54. The summed E-state index contributed by atoms with van der Waals surface area (Å²) in [5, 5.41) is 5.49. The molecule has 1 heterocycles. The van der Waals surface area contributed by atoms with E-state index in [9.17, 15) is 9.59 Å². The number of hydrogen-bond acceptors (Lipinski definition) is 4. The van der Waals surface area contributed by atoms with Gasteiger partial charge in [0.2, 0.25) is 0 Å². The Labute approximate surface area is 176 Å². The van der Waals surface area contributed by atoms with E-state index < -0.39 is 0 Å². The summed E-state index contributed by atoms with van der Waals surface area (Å²) in [6.45, 7) is 0. The molecule has 29 heavy (non-hydrogen) atoms. The summed E-state index contributed by atoms with van der Waals surface area (Å²) in [4.78, 5) is 33.3. The normalized spacial score (nSPS) is 11.0. The number of anilines is 2. The van der Waals surface area contributed by atoms with Crippen molar-refractivity contribution in [3.05, 3.63) is 88.0 Å². The Balaban J connectivity index is 1.77. The highest BCUT2D eigenvalue weighted by molar-refractivity contribution is 9.10. The molecule has 2 amide bonds. The van der Waals surface area contributed by atoms with E-state index in [0.29, 0.717) is 28.5 Å². The second kappa shape index (κ2) is 9.11. The quantitative estimate of drug-likeness (QED) is 0.405. The minimum atomic E-state index is -0.377. The number of para-hydroxylation sites is 1. The average Bonchev–Trinajstić information content (AvgIpc) is 2.75. The van der Waals surface area contributed by atoms with Crippen LogP contribution < -0.4 is 16.4 Å². The molecule has 146 valence electrons. The molecule has 0 saturated heterocycles. The van der Waals surface area contributed by atoms with Crippen molar-refractivity contribution in [2.75, 3.05) is 17.7 Å². The van der Waals surface area contributed by atoms with Crippen LogP contribution in [-0.4, -0.2) is 29.7 Å². The molecule has 0 unspecified atom stereocenters. The van der Waals surface area contributed by atoms with Gasteiger partial charge in [0, 0.05) is 28.8 Å². The van der Waals surface area contributed by atoms with Crippen molar-refractivity contribution in [3.63, 3.8) is 0 Å². The third-order valence-electron chi connectivity index (χ3n) is 4.07. The molecule has 7 nitrogen and oxygen atoms in total. The lowest BCUT2D eigenvalue weighted by Gasteiger charge is -2.11. The van der Waals surface area contributed by atoms with Gasteiger partial charge in [-0.1, -0.05) is 24.3 Å². The number of amidine groups is 1. The number of halogens is 1. The lowest BCUT2D eigenvalue weighted by Crippen LogP contribution is -2.19. The third-order valence-corrected chi connectivity index (χ3v) is 4.54. The van der Waals surface area contributed by atoms with Crippen LogP contribution in [0.5, 0.6) is 0 Å². The van der Waals surface area contributed by atoms with Crippen LogP contribution in [0.4, 0.5) is 11.5 Å². The van der Waals surface area contributed by atoms with Gasteiger partial charge in [-0.3, -0.25) is 14.6 Å². The van der Waals surface area contributed by atoms with Crippen molar-refractivity contribution in [1.29, 1.82) is 0 Å². The van der Waals surface area contributed by atoms with Crippen LogP contribution in [-0.2, 0) is 0 Å². The molecule has 0 aliphatic rings. The summed E-state index contributed by atoms with van der Waals surface area (Å²) < 4.78 is 0.807. The fourth-order valence-corrected chi connectivity index (χ4v) is 2.77. The number of aliphatic imine (C=N–C) groups is 1. The molecule has 0 radical (unpaired) electrons. The van der Waals surface area contributed by atoms with Gasteiger partial charge in [0.15, 0.2) is 0 Å². The van der Waals surface area contributed by atoms with E-state index in [2.05, 4.69) is 36.5 Å². The monoisotopic (exact) mass is 451 g/mol. The van der Waals surface area contributed by atoms with E-state index in [1.54, 1.807) is 73.9 Å². The molecule has 0 atom stereocenters. The Morgan fingerprint density at radius 1 is 0.931 bits per heavy atom. The predicted octanol–water partition coefficient (Wildman–Crippen LogP) is 3.68. The Morgan fingerprint density at radius 2 is 1.62 bits per heavy atom. The van der Waals surface area contributed by atoms with Gasteiger partial charge in [0.05, 0.1) is 11.3 Å². The largest absolute Gasteiger partial charge is 0.384 e. The van der Waals surface area contributed by atoms with Crippen LogP contribution in [0.2, 0.25) is 0 Å². The molecule has 0 bridgehead atoms. The number of pyridine rings is 1. The lowest BCUT2D eigenvalue weighted by atomic mass is 10.1. The van der Waals surface area contributed by atoms with Gasteiger partial charge < -0.3 is 16.4 Å². The maximum absolute atomic E-state index is 12.6. The molecular formula is C21H18BrN5O2. The highest BCUT2D eigenvalue weighted by atomic mass is 79.9. The smallest absolute Gasteiger partial charge is 0.258 e. The zero-order chi connectivity index (χ0) is 20.8. The highest BCUT2D eigenvalue weighted by Gasteiger charge is 2.15. The number of nitrogens with two attached hydrogens (primary N) is 1. The number of nitrogens with one attached hydrogen (secondary N) is 2. The molecule has 3 aromatic rings. The van der Waals surface area contributed by atoms with E-state index >= 15 is 0 Å². The predicted molar refractivity (Wildman–Crippen MR) is 117 cm³/mol. The molecule has 0 aliphatic carbocycles. The van der Waals surface area contributed by atoms with E-state index in [-0.39, 0.29) is 11.8 Å². The van der Waals surface area contributed by atoms with Crippen molar-refractivity contribution in [2.24, 2.45) is 10.7 Å². The van der Waals surface area contributed by atoms with Gasteiger partial charge >= 0.3 is 0 Å². The first-order valence-electron chi connectivity index (χ1n) is 8.64. The molecule has 0 saturated carbocycles. The molecular weight excluding hydrogens is 434 g/mol. The summed E-state index contributed by atoms with van der Waals surface area (Å²) in [6.07, 6.45) is 1.59. The zero-order valence-electron chi connectivity index (χ0n) is 15.5. The highest BCUT2D eigenvalue weighted by Crippen LogP contribution is 2.19. The maximum Gasteiger partial charge on any atom is 0.258 e. The number of nitrogens with zero attached hydrogens (tertiary/aromatic N) is 2. The van der Waals surface area contributed by atoms with Crippen LogP contribution in [0, 0.1) is 0 Å². The van der Waals surface area contributed by atoms with E-state index in [1.807, 2.05) is 0 Å². The lowest BCUT2D eigenvalue weighted by molar-refractivity contribution is 0.102. The Kier molecular flexibility index (Phi) is 6.36. The Hall–Kier alpha value is -3.52. The molecule has 4 N–H and O–H groups in total. The number of benzene rings is 2. The number of aromatic nitrogens is 1. The molecule has 3 rings (SSSR count). The van der Waals surface area contributed by atoms with Gasteiger partial charge in [0.1, 0.15) is 11.7 Å². The summed E-state index contributed by atoms with van der Waals surface area (Å²) in [5.41, 5.74) is 7.64. The standard InChI is InChI=1S/C21H18BrN5O2/c1-24-19(23)13-6-8-14(9-7-13)20(28)26-17-5-3-2-4-16(17)21(29)27-18-11-10-15(22)12-25-18/h2-12H,1H3,(H2,23,24)(H,26,28)(H,25,27,29). The summed E-state index contributed by atoms with van der Waals surface area (Å²) in [5.74, 6) is 0.0780. The number of rotatable bonds is 5. The third kappa shape index (κ3) is 5.05. The van der Waals surface area contributed by atoms with Crippen molar-refractivity contribution in [3.8, 4) is 0 Å². The SMILES string of the molecule is CN=C(N)c1ccc(C(=O)Nc2ccccc2C(=O)Nc2ccc(Br)cn2)cc1. The van der Waals surface area contributed by atoms with Crippen LogP contribution in [0.25, 0.3) is 0 Å². The second-order valence-electron chi connectivity index (χ2n) is 6.00. The van der Waals surface area contributed by atoms with Crippen LogP contribution >= 0.6 is 15.9 Å². The number of amides is 2. The van der Waals surface area contributed by atoms with Crippen molar-refractivity contribution >= 4 is 45.1 Å². The Bertz CT molecular complexity index is 1060. The number of carbonyl (C=O) groups excluding carboxylic acids is 2. The Morgan fingerprint density at radius 3 is 2.28 bits per heavy atom. The first-order chi connectivity index (χ1) is 14.0. The van der Waals surface area contributed by atoms with Crippen LogP contribution in [0.3, 0.4) is 0 Å². The van der Waals surface area contributed by atoms with Crippen molar-refractivity contribution in [1.82, 2.24) is 4.98 Å². The zero-order valence-corrected chi connectivity index (χ0v) is 17.1. The average molecular weight is 452 g/mol. The number of hydrogen-bond donors (Lipinski definition) is 3. The van der Waals surface area contributed by atoms with Crippen LogP contribution in [0.1, 0.15) is 26.3 Å². The van der Waals surface area contributed by atoms with E-state index in [0.717, 1.165) is 10.0 Å². The first-order valence-corrected chi connectivity index (χ1v) is 9.43. The molecule has 0 spiro atoms. The van der Waals surface area contributed by atoms with E-state index in [4.69, 9.17) is 5.73 Å². The minimum absolute atomic E-state index is 0.324. The summed E-state index contributed by atoms with van der Waals surface area (Å²) in [7, 11) is 1.60. The van der Waals surface area contributed by atoms with Crippen molar-refractivity contribution in [2.45, 2.75) is 0 Å². The molecule has 0 aliphatic heterocycles. The van der Waals surface area contributed by atoms with Gasteiger partial charge in [-0.25, -0.2) is 4.98 Å². The fraction of sp³-hybridized carbons (Fsp3) is 0.0476. The van der Waals surface area contributed by atoms with Crippen LogP contribution in [0.15, 0.2) is 76.3 Å². The van der Waals surface area contributed by atoms with E-state index in [1.165, 1.54) is 0 Å². The second-order valence-corrected chi connectivity index (χ2v) is 6.92.